The number of nitrogens with one attached hydrogen (secondary N) is 1. The molecule has 17 heavy (non-hydrogen) atoms. The van der Waals surface area contributed by atoms with Crippen molar-refractivity contribution in [1.29, 1.82) is 0 Å². The van der Waals surface area contributed by atoms with Crippen LogP contribution in [0.4, 0.5) is 8.78 Å². The Labute approximate surface area is 102 Å². The van der Waals surface area contributed by atoms with Crippen molar-refractivity contribution in [3.63, 3.8) is 0 Å². The monoisotopic (exact) mass is 255 g/mol. The maximum atomic E-state index is 13.6. The minimum absolute atomic E-state index is 0.145. The Morgan fingerprint density at radius 1 is 1.35 bits per heavy atom. The molecule has 2 rings (SSSR count). The van der Waals surface area contributed by atoms with Gasteiger partial charge in [0, 0.05) is 6.54 Å². The predicted octanol–water partition coefficient (Wildman–Crippen LogP) is 3.30. The topological polar surface area (TPSA) is 33.6 Å². The van der Waals surface area contributed by atoms with Crippen LogP contribution in [0.5, 0.6) is 0 Å². The molecule has 0 unspecified atom stereocenters. The lowest BCUT2D eigenvalue weighted by Gasteiger charge is -2.06. The van der Waals surface area contributed by atoms with E-state index in [0.717, 1.165) is 6.42 Å². The van der Waals surface area contributed by atoms with Gasteiger partial charge in [0.25, 0.3) is 0 Å². The van der Waals surface area contributed by atoms with Gasteiger partial charge in [-0.2, -0.15) is 5.10 Å². The summed E-state index contributed by atoms with van der Waals surface area (Å²) in [7, 11) is 0. The highest BCUT2D eigenvalue weighted by molar-refractivity contribution is 7.71. The number of halogens is 2. The van der Waals surface area contributed by atoms with E-state index in [1.54, 1.807) is 4.57 Å². The van der Waals surface area contributed by atoms with Gasteiger partial charge in [-0.25, -0.2) is 8.78 Å². The zero-order chi connectivity index (χ0) is 12.4. The van der Waals surface area contributed by atoms with E-state index in [1.165, 1.54) is 18.2 Å². The first kappa shape index (κ1) is 11.9. The Kier molecular flexibility index (Phi) is 3.33. The summed E-state index contributed by atoms with van der Waals surface area (Å²) >= 11 is 5.02. The Hall–Kier alpha value is -1.56. The third-order valence-electron chi connectivity index (χ3n) is 2.39. The summed E-state index contributed by atoms with van der Waals surface area (Å²) in [5.41, 5.74) is -0.145. The standard InChI is InChI=1S/C11H11F2N3S/c1-2-6-16-10(14-15-11(16)17)9-7(12)4-3-5-8(9)13/h3-5H,2,6H2,1H3,(H,15,17). The zero-order valence-corrected chi connectivity index (χ0v) is 10.0. The molecule has 0 aliphatic heterocycles. The molecule has 6 heteroatoms. The molecule has 1 aromatic heterocycles. The molecule has 3 nitrogen and oxygen atoms in total. The molecule has 1 aromatic carbocycles. The molecule has 0 amide bonds. The SMILES string of the molecule is CCCn1c(-c2c(F)cccc2F)n[nH]c1=S. The fourth-order valence-electron chi connectivity index (χ4n) is 1.65. The largest absolute Gasteiger partial charge is 0.300 e. The number of hydrogen-bond donors (Lipinski definition) is 1. The molecule has 0 fully saturated rings. The van der Waals surface area contributed by atoms with Gasteiger partial charge < -0.3 is 4.57 Å². The first-order chi connectivity index (χ1) is 8.15. The first-order valence-electron chi connectivity index (χ1n) is 5.24. The highest BCUT2D eigenvalue weighted by atomic mass is 32.1. The second-order valence-electron chi connectivity index (χ2n) is 3.60. The third kappa shape index (κ3) is 2.12. The lowest BCUT2D eigenvalue weighted by Crippen LogP contribution is -2.02. The molecular formula is C11H11F2N3S. The van der Waals surface area contributed by atoms with E-state index in [0.29, 0.717) is 11.3 Å². The molecule has 1 heterocycles. The van der Waals surface area contributed by atoms with Gasteiger partial charge in [-0.1, -0.05) is 13.0 Å². The third-order valence-corrected chi connectivity index (χ3v) is 2.70. The number of aromatic nitrogens is 3. The van der Waals surface area contributed by atoms with Crippen LogP contribution in [-0.2, 0) is 6.54 Å². The summed E-state index contributed by atoms with van der Waals surface area (Å²) in [4.78, 5) is 0. The second kappa shape index (κ2) is 4.75. The van der Waals surface area contributed by atoms with E-state index in [2.05, 4.69) is 10.2 Å². The molecule has 0 saturated heterocycles. The van der Waals surface area contributed by atoms with Crippen LogP contribution >= 0.6 is 12.2 Å². The molecule has 0 bridgehead atoms. The van der Waals surface area contributed by atoms with Gasteiger partial charge in [0.1, 0.15) is 11.6 Å². The van der Waals surface area contributed by atoms with Gasteiger partial charge in [0.15, 0.2) is 10.6 Å². The second-order valence-corrected chi connectivity index (χ2v) is 3.99. The zero-order valence-electron chi connectivity index (χ0n) is 9.20. The van der Waals surface area contributed by atoms with Crippen molar-refractivity contribution in [3.05, 3.63) is 34.6 Å². The van der Waals surface area contributed by atoms with Crippen molar-refractivity contribution in [2.45, 2.75) is 19.9 Å². The van der Waals surface area contributed by atoms with Gasteiger partial charge in [0.05, 0.1) is 5.56 Å². The summed E-state index contributed by atoms with van der Waals surface area (Å²) in [6.07, 6.45) is 0.802. The Balaban J connectivity index is 2.65. The Morgan fingerprint density at radius 2 is 2.00 bits per heavy atom. The van der Waals surface area contributed by atoms with Crippen molar-refractivity contribution in [1.82, 2.24) is 14.8 Å². The van der Waals surface area contributed by atoms with E-state index < -0.39 is 11.6 Å². The van der Waals surface area contributed by atoms with E-state index >= 15 is 0 Å². The fourth-order valence-corrected chi connectivity index (χ4v) is 1.87. The number of aromatic amines is 1. The van der Waals surface area contributed by atoms with Gasteiger partial charge in [-0.3, -0.25) is 5.10 Å². The maximum Gasteiger partial charge on any atom is 0.195 e. The normalized spacial score (nSPS) is 10.8. The average Bonchev–Trinajstić information content (AvgIpc) is 2.62. The van der Waals surface area contributed by atoms with Crippen LogP contribution in [0, 0.1) is 16.4 Å². The van der Waals surface area contributed by atoms with Gasteiger partial charge in [0.2, 0.25) is 0 Å². The van der Waals surface area contributed by atoms with E-state index in [-0.39, 0.29) is 11.4 Å². The Bertz CT molecular complexity index is 568. The molecule has 0 spiro atoms. The minimum Gasteiger partial charge on any atom is -0.300 e. The quantitative estimate of drug-likeness (QED) is 0.854. The minimum atomic E-state index is -0.642. The molecule has 1 N–H and O–H groups in total. The highest BCUT2D eigenvalue weighted by Gasteiger charge is 2.17. The first-order valence-corrected chi connectivity index (χ1v) is 5.65. The van der Waals surface area contributed by atoms with Gasteiger partial charge >= 0.3 is 0 Å². The number of hydrogen-bond acceptors (Lipinski definition) is 2. The molecule has 0 radical (unpaired) electrons. The van der Waals surface area contributed by atoms with Crippen LogP contribution in [-0.4, -0.2) is 14.8 Å². The number of benzene rings is 1. The van der Waals surface area contributed by atoms with Gasteiger partial charge in [-0.15, -0.1) is 0 Å². The fraction of sp³-hybridized carbons (Fsp3) is 0.273. The smallest absolute Gasteiger partial charge is 0.195 e. The van der Waals surface area contributed by atoms with Crippen LogP contribution in [0.3, 0.4) is 0 Å². The van der Waals surface area contributed by atoms with Crippen LogP contribution in [0.2, 0.25) is 0 Å². The number of rotatable bonds is 3. The van der Waals surface area contributed by atoms with Crippen molar-refractivity contribution in [2.24, 2.45) is 0 Å². The summed E-state index contributed by atoms with van der Waals surface area (Å²) in [5, 5.41) is 6.45. The Morgan fingerprint density at radius 3 is 2.59 bits per heavy atom. The van der Waals surface area contributed by atoms with Crippen molar-refractivity contribution in [3.8, 4) is 11.4 Å². The lowest BCUT2D eigenvalue weighted by atomic mass is 10.2. The highest BCUT2D eigenvalue weighted by Crippen LogP contribution is 2.24. The van der Waals surface area contributed by atoms with Crippen molar-refractivity contribution in [2.75, 3.05) is 0 Å². The molecule has 90 valence electrons. The summed E-state index contributed by atoms with van der Waals surface area (Å²) < 4.78 is 29.2. The molecular weight excluding hydrogens is 244 g/mol. The van der Waals surface area contributed by atoms with E-state index in [4.69, 9.17) is 12.2 Å². The van der Waals surface area contributed by atoms with Crippen molar-refractivity contribution < 1.29 is 8.78 Å². The summed E-state index contributed by atoms with van der Waals surface area (Å²) in [6, 6.07) is 3.72. The van der Waals surface area contributed by atoms with Crippen molar-refractivity contribution >= 4 is 12.2 Å². The van der Waals surface area contributed by atoms with E-state index in [9.17, 15) is 8.78 Å². The molecule has 0 aliphatic rings. The molecule has 0 aliphatic carbocycles. The molecule has 0 saturated carbocycles. The maximum absolute atomic E-state index is 13.6. The van der Waals surface area contributed by atoms with Crippen LogP contribution in [0.15, 0.2) is 18.2 Å². The number of H-pyrrole nitrogens is 1. The van der Waals surface area contributed by atoms with Crippen LogP contribution in [0.25, 0.3) is 11.4 Å². The molecule has 0 atom stereocenters. The molecule has 2 aromatic rings. The summed E-state index contributed by atoms with van der Waals surface area (Å²) in [5.74, 6) is -1.08. The predicted molar refractivity (Wildman–Crippen MR) is 63.1 cm³/mol. The van der Waals surface area contributed by atoms with Crippen LogP contribution in [0.1, 0.15) is 13.3 Å². The van der Waals surface area contributed by atoms with E-state index in [1.807, 2.05) is 6.92 Å². The lowest BCUT2D eigenvalue weighted by molar-refractivity contribution is 0.581. The summed E-state index contributed by atoms with van der Waals surface area (Å²) in [6.45, 7) is 2.52. The van der Waals surface area contributed by atoms with Gasteiger partial charge in [-0.05, 0) is 30.8 Å². The number of nitrogens with zero attached hydrogens (tertiary/aromatic N) is 2. The van der Waals surface area contributed by atoms with Crippen LogP contribution < -0.4 is 0 Å². The average molecular weight is 255 g/mol.